The average molecular weight is 1010 g/mol. The number of carbonyl (C=O) groups excluding carboxylic acids is 2. The van der Waals surface area contributed by atoms with E-state index in [-0.39, 0.29) is 19.1 Å². The summed E-state index contributed by atoms with van der Waals surface area (Å²) < 4.78 is 56.9. The number of hydrogen-bond donors (Lipinski definition) is 17. The van der Waals surface area contributed by atoms with E-state index in [0.717, 1.165) is 19.8 Å². The molecule has 0 radical (unpaired) electrons. The van der Waals surface area contributed by atoms with Gasteiger partial charge in [-0.1, -0.05) is 13.3 Å². The highest BCUT2D eigenvalue weighted by molar-refractivity contribution is 5.75. The number of rotatable bonds is 22. The number of unbranched alkanes of at least 4 members (excludes halogenated alkanes) is 1. The maximum absolute atomic E-state index is 12.5. The van der Waals surface area contributed by atoms with Gasteiger partial charge in [0.1, 0.15) is 122 Å². The summed E-state index contributed by atoms with van der Waals surface area (Å²) in [4.78, 5) is 24.4. The molecule has 0 bridgehead atoms. The van der Waals surface area contributed by atoms with E-state index in [1.54, 1.807) is 0 Å². The summed E-state index contributed by atoms with van der Waals surface area (Å²) in [5.41, 5.74) is 0. The van der Waals surface area contributed by atoms with Gasteiger partial charge in [-0.3, -0.25) is 9.59 Å². The first-order valence-electron chi connectivity index (χ1n) is 22.7. The molecule has 5 aliphatic rings. The third-order valence-corrected chi connectivity index (χ3v) is 12.4. The van der Waals surface area contributed by atoms with E-state index >= 15 is 0 Å². The maximum atomic E-state index is 12.5. The van der Waals surface area contributed by atoms with Crippen LogP contribution in [-0.2, 0) is 57.0 Å². The Labute approximate surface area is 394 Å². The molecule has 5 heterocycles. The van der Waals surface area contributed by atoms with Crippen LogP contribution in [0.5, 0.6) is 0 Å². The SMILES string of the molecule is CCCCC(=O)NCCCO[C@H]1O[C@@H](CO)[C@@H](O[C@@H]2OC(CO)[C@H](O)[C@H](O[C@@H]3OC(CO)[C@@H](O[C@@H]4O[C@@H](CO)[C@H](O)C(O[C@H]5O[C@@H](CO)[C@H](O)C(O)C5O)C4O)[C@H](O)C3NC(C)=O)C2O)C(O)C1O. The van der Waals surface area contributed by atoms with Crippen molar-refractivity contribution in [1.82, 2.24) is 10.6 Å². The molecule has 2 amide bonds. The van der Waals surface area contributed by atoms with Crippen molar-refractivity contribution in [3.63, 3.8) is 0 Å². The molecular formula is C40H70N2O27. The number of carbonyl (C=O) groups is 2. The monoisotopic (exact) mass is 1010 g/mol. The summed E-state index contributed by atoms with van der Waals surface area (Å²) in [6.45, 7) is -1.39. The number of hydrogen-bond acceptors (Lipinski definition) is 27. The third-order valence-electron chi connectivity index (χ3n) is 12.4. The highest BCUT2D eigenvalue weighted by Gasteiger charge is 2.57. The Kier molecular flexibility index (Phi) is 22.4. The number of nitrogens with one attached hydrogen (secondary N) is 2. The standard InChI is InChI=1S/C40H70N2O27/c1-3-4-6-20(49)41-7-5-8-60-37-29(57)27(55)33(19(13-47)65-37)67-40-30(58)34(23(51)16(10-44)63-40)68-36-21(42-14(2)48)25(53)32(18(12-46)64-36)66-39-31(59)35(24(52)17(11-45)62-39)69-38-28(56)26(54)22(50)15(9-43)61-38/h15-19,21-40,43-47,50-59H,3-13H2,1-2H3,(H,41,49)(H,42,48)/t15-,16?,17-,18?,19-,21?,22-,23-,24-,25+,26?,27?,28?,29?,30?,31?,32+,33+,34-,35?,36-,37-,38+,39-,40-/m0/s1. The number of aliphatic hydroxyl groups is 15. The quantitative estimate of drug-likeness (QED) is 0.0448. The Balaban J connectivity index is 1.28. The van der Waals surface area contributed by atoms with E-state index in [2.05, 4.69) is 10.6 Å². The Morgan fingerprint density at radius 2 is 0.884 bits per heavy atom. The zero-order valence-corrected chi connectivity index (χ0v) is 37.8. The van der Waals surface area contributed by atoms with Crippen LogP contribution < -0.4 is 10.6 Å². The largest absolute Gasteiger partial charge is 0.394 e. The first-order valence-corrected chi connectivity index (χ1v) is 22.7. The highest BCUT2D eigenvalue weighted by Crippen LogP contribution is 2.36. The van der Waals surface area contributed by atoms with Gasteiger partial charge in [-0.25, -0.2) is 0 Å². The minimum atomic E-state index is -2.10. The summed E-state index contributed by atoms with van der Waals surface area (Å²) in [6, 6.07) is -1.73. The molecule has 0 aromatic heterocycles. The number of ether oxygens (including phenoxy) is 10. The minimum absolute atomic E-state index is 0.0400. The molecule has 0 aromatic carbocycles. The molecular weight excluding hydrogens is 940 g/mol. The van der Waals surface area contributed by atoms with Crippen LogP contribution in [0.1, 0.15) is 39.5 Å². The van der Waals surface area contributed by atoms with Gasteiger partial charge >= 0.3 is 0 Å². The van der Waals surface area contributed by atoms with Gasteiger partial charge < -0.3 is 135 Å². The fourth-order valence-corrected chi connectivity index (χ4v) is 8.48. The molecule has 17 N–H and O–H groups in total. The van der Waals surface area contributed by atoms with Gasteiger partial charge in [0.05, 0.1) is 39.6 Å². The van der Waals surface area contributed by atoms with E-state index in [4.69, 9.17) is 47.4 Å². The first-order chi connectivity index (χ1) is 32.8. The van der Waals surface area contributed by atoms with Crippen LogP contribution in [0.25, 0.3) is 0 Å². The van der Waals surface area contributed by atoms with E-state index in [9.17, 15) is 86.2 Å². The second-order valence-electron chi connectivity index (χ2n) is 17.3. The molecule has 0 aliphatic carbocycles. The van der Waals surface area contributed by atoms with Gasteiger partial charge in [-0.15, -0.1) is 0 Å². The van der Waals surface area contributed by atoms with Crippen LogP contribution in [-0.4, -0.2) is 288 Å². The molecule has 29 nitrogen and oxygen atoms in total. The Morgan fingerprint density at radius 1 is 0.464 bits per heavy atom. The lowest BCUT2D eigenvalue weighted by atomic mass is 9.94. The zero-order chi connectivity index (χ0) is 50.9. The van der Waals surface area contributed by atoms with Crippen molar-refractivity contribution in [2.45, 2.75) is 193 Å². The zero-order valence-electron chi connectivity index (χ0n) is 37.8. The molecule has 5 aliphatic heterocycles. The molecule has 0 aromatic rings. The fraction of sp³-hybridized carbons (Fsp3) is 0.950. The van der Waals surface area contributed by atoms with E-state index in [1.807, 2.05) is 6.92 Å². The van der Waals surface area contributed by atoms with Gasteiger partial charge in [0, 0.05) is 19.9 Å². The molecule has 10 unspecified atom stereocenters. The predicted octanol–water partition coefficient (Wildman–Crippen LogP) is -10.1. The fourth-order valence-electron chi connectivity index (χ4n) is 8.48. The molecule has 5 saturated heterocycles. The molecule has 69 heavy (non-hydrogen) atoms. The van der Waals surface area contributed by atoms with Gasteiger partial charge in [0.2, 0.25) is 11.8 Å². The molecule has 25 atom stereocenters. The van der Waals surface area contributed by atoms with Crippen molar-refractivity contribution in [3.8, 4) is 0 Å². The molecule has 402 valence electrons. The van der Waals surface area contributed by atoms with Gasteiger partial charge in [0.25, 0.3) is 0 Å². The third kappa shape index (κ3) is 13.8. The second-order valence-corrected chi connectivity index (χ2v) is 17.3. The highest BCUT2D eigenvalue weighted by atomic mass is 16.8. The van der Waals surface area contributed by atoms with Crippen molar-refractivity contribution in [2.24, 2.45) is 0 Å². The normalized spacial score (nSPS) is 45.2. The smallest absolute Gasteiger partial charge is 0.219 e. The van der Waals surface area contributed by atoms with Crippen molar-refractivity contribution in [3.05, 3.63) is 0 Å². The number of aliphatic hydroxyl groups excluding tert-OH is 15. The predicted molar refractivity (Wildman–Crippen MR) is 219 cm³/mol. The van der Waals surface area contributed by atoms with Gasteiger partial charge in [0.15, 0.2) is 31.5 Å². The van der Waals surface area contributed by atoms with Crippen LogP contribution in [0.4, 0.5) is 0 Å². The van der Waals surface area contributed by atoms with Crippen molar-refractivity contribution >= 4 is 11.8 Å². The summed E-state index contributed by atoms with van der Waals surface area (Å²) in [6.07, 6.45) is -41.5. The Morgan fingerprint density at radius 3 is 1.38 bits per heavy atom. The Hall–Kier alpha value is -2.06. The van der Waals surface area contributed by atoms with E-state index < -0.39 is 192 Å². The van der Waals surface area contributed by atoms with Crippen LogP contribution in [0.15, 0.2) is 0 Å². The van der Waals surface area contributed by atoms with Crippen molar-refractivity contribution in [1.29, 1.82) is 0 Å². The van der Waals surface area contributed by atoms with Crippen molar-refractivity contribution < 1.29 is 134 Å². The van der Waals surface area contributed by atoms with E-state index in [0.29, 0.717) is 12.8 Å². The van der Waals surface area contributed by atoms with Crippen molar-refractivity contribution in [2.75, 3.05) is 46.2 Å². The summed E-state index contributed by atoms with van der Waals surface area (Å²) in [5, 5.41) is 165. The molecule has 0 spiro atoms. The molecule has 5 fully saturated rings. The van der Waals surface area contributed by atoms with Gasteiger partial charge in [-0.05, 0) is 12.8 Å². The first kappa shape index (κ1) is 57.8. The topological polar surface area (TPSA) is 454 Å². The lowest BCUT2D eigenvalue weighted by Crippen LogP contribution is -2.70. The van der Waals surface area contributed by atoms with Crippen LogP contribution >= 0.6 is 0 Å². The summed E-state index contributed by atoms with van der Waals surface area (Å²) in [7, 11) is 0. The molecule has 0 saturated carbocycles. The average Bonchev–Trinajstić information content (AvgIpc) is 3.33. The van der Waals surface area contributed by atoms with E-state index in [1.165, 1.54) is 0 Å². The maximum Gasteiger partial charge on any atom is 0.219 e. The minimum Gasteiger partial charge on any atom is -0.394 e. The Bertz CT molecular complexity index is 1560. The number of amides is 2. The second kappa shape index (κ2) is 26.8. The van der Waals surface area contributed by atoms with Crippen LogP contribution in [0.3, 0.4) is 0 Å². The summed E-state index contributed by atoms with van der Waals surface area (Å²) >= 11 is 0. The molecule has 5 rings (SSSR count). The molecule has 29 heteroatoms. The van der Waals surface area contributed by atoms with Crippen LogP contribution in [0.2, 0.25) is 0 Å². The van der Waals surface area contributed by atoms with Gasteiger partial charge in [-0.2, -0.15) is 0 Å². The summed E-state index contributed by atoms with van der Waals surface area (Å²) in [5.74, 6) is -0.959. The lowest BCUT2D eigenvalue weighted by molar-refractivity contribution is -0.387. The van der Waals surface area contributed by atoms with Crippen LogP contribution in [0, 0.1) is 0 Å². The lowest BCUT2D eigenvalue weighted by Gasteiger charge is -2.50.